The third kappa shape index (κ3) is 7.81. The molecule has 0 radical (unpaired) electrons. The predicted molar refractivity (Wildman–Crippen MR) is 89.1 cm³/mol. The predicted octanol–water partition coefficient (Wildman–Crippen LogP) is -0.149. The highest BCUT2D eigenvalue weighted by Gasteiger charge is 2.40. The quantitative estimate of drug-likeness (QED) is 0.436. The van der Waals surface area contributed by atoms with Gasteiger partial charge in [-0.3, -0.25) is 9.59 Å². The van der Waals surface area contributed by atoms with Crippen LogP contribution in [0.15, 0.2) is 24.8 Å². The number of nitrogens with zero attached hydrogens (tertiary/aromatic N) is 2. The molecule has 10 heteroatoms. The van der Waals surface area contributed by atoms with E-state index in [1.54, 1.807) is 6.33 Å². The van der Waals surface area contributed by atoms with Gasteiger partial charge in [0.1, 0.15) is 6.33 Å². The molecule has 1 aliphatic heterocycles. The van der Waals surface area contributed by atoms with E-state index in [2.05, 4.69) is 27.4 Å². The summed E-state index contributed by atoms with van der Waals surface area (Å²) in [6, 6.07) is 0. The first-order valence-corrected chi connectivity index (χ1v) is 7.76. The molecule has 1 atom stereocenters. The Hall–Kier alpha value is -2.85. The molecule has 0 spiro atoms. The summed E-state index contributed by atoms with van der Waals surface area (Å²) in [5.74, 6) is -4.34. The Balaban J connectivity index is 0.000000260. The van der Waals surface area contributed by atoms with Gasteiger partial charge >= 0.3 is 17.9 Å². The van der Waals surface area contributed by atoms with Gasteiger partial charge in [-0.2, -0.15) is 0 Å². The van der Waals surface area contributed by atoms with E-state index in [0.29, 0.717) is 5.92 Å². The second-order valence-corrected chi connectivity index (χ2v) is 5.76. The van der Waals surface area contributed by atoms with E-state index in [1.807, 2.05) is 12.4 Å². The molecule has 5 N–H and O–H groups in total. The van der Waals surface area contributed by atoms with Gasteiger partial charge < -0.3 is 25.7 Å². The van der Waals surface area contributed by atoms with Gasteiger partial charge in [0, 0.05) is 24.5 Å². The van der Waals surface area contributed by atoms with Crippen LogP contribution in [-0.2, 0) is 14.4 Å². The lowest BCUT2D eigenvalue weighted by atomic mass is 9.96. The lowest BCUT2D eigenvalue weighted by Gasteiger charge is -2.18. The van der Waals surface area contributed by atoms with Crippen molar-refractivity contribution in [1.29, 1.82) is 0 Å². The van der Waals surface area contributed by atoms with Crippen LogP contribution in [0, 0.1) is 5.92 Å². The van der Waals surface area contributed by atoms with Crippen LogP contribution in [-0.4, -0.2) is 67.0 Å². The first kappa shape index (κ1) is 21.2. The zero-order valence-electron chi connectivity index (χ0n) is 13.9. The Bertz CT molecular complexity index is 627. The number of aliphatic hydroxyl groups is 1. The van der Waals surface area contributed by atoms with Gasteiger partial charge in [-0.15, -0.1) is 0 Å². The first-order chi connectivity index (χ1) is 12.2. The number of carboxylic acids is 3. The first-order valence-electron chi connectivity index (χ1n) is 7.76. The molecule has 0 bridgehead atoms. The van der Waals surface area contributed by atoms with Crippen LogP contribution in [0.25, 0.3) is 6.08 Å². The average molecular weight is 367 g/mol. The van der Waals surface area contributed by atoms with E-state index in [4.69, 9.17) is 20.4 Å². The molecule has 1 saturated heterocycles. The number of rotatable bonds is 7. The minimum Gasteiger partial charge on any atom is -0.481 e. The second kappa shape index (κ2) is 10.2. The van der Waals surface area contributed by atoms with Crippen molar-refractivity contribution in [3.63, 3.8) is 0 Å². The SMILES string of the molecule is C(=C\[C@H]1CCNC1)/c1cncnc1.O=C(O)CC(O)(CC(=O)O)C(=O)O. The minimum absolute atomic E-state index is 0.681. The van der Waals surface area contributed by atoms with Crippen LogP contribution in [0.1, 0.15) is 24.8 Å². The van der Waals surface area contributed by atoms with Crippen molar-refractivity contribution >= 4 is 24.0 Å². The summed E-state index contributed by atoms with van der Waals surface area (Å²) in [4.78, 5) is 38.4. The lowest BCUT2D eigenvalue weighted by molar-refractivity contribution is -0.170. The molecule has 1 aromatic heterocycles. The van der Waals surface area contributed by atoms with Crippen LogP contribution in [0.4, 0.5) is 0 Å². The summed E-state index contributed by atoms with van der Waals surface area (Å²) in [7, 11) is 0. The number of nitrogens with one attached hydrogen (secondary N) is 1. The molecule has 0 saturated carbocycles. The smallest absolute Gasteiger partial charge is 0.336 e. The number of hydrogen-bond acceptors (Lipinski definition) is 7. The Labute approximate surface area is 149 Å². The Morgan fingerprint density at radius 1 is 1.15 bits per heavy atom. The topological polar surface area (TPSA) is 170 Å². The zero-order chi connectivity index (χ0) is 19.6. The summed E-state index contributed by atoms with van der Waals surface area (Å²) in [6.07, 6.45) is 8.48. The standard InChI is InChI=1S/C10H13N3.C6H8O7/c1(9-3-4-11-5-9)2-10-6-12-8-13-7-10;7-3(8)1-6(13,5(11)12)2-4(9)10/h1-2,6-9,11H,3-5H2;13H,1-2H2,(H,7,8)(H,9,10)(H,11,12)/b2-1+;/t9-;/m0./s1. The van der Waals surface area contributed by atoms with Crippen molar-refractivity contribution in [2.75, 3.05) is 13.1 Å². The maximum absolute atomic E-state index is 10.3. The fraction of sp³-hybridized carbons (Fsp3) is 0.438. The third-order valence-electron chi connectivity index (χ3n) is 3.53. The highest BCUT2D eigenvalue weighted by molar-refractivity contribution is 5.88. The van der Waals surface area contributed by atoms with Gasteiger partial charge in [0.2, 0.25) is 0 Å². The molecule has 0 aromatic carbocycles. The Morgan fingerprint density at radius 3 is 2.15 bits per heavy atom. The molecule has 2 heterocycles. The van der Waals surface area contributed by atoms with E-state index in [1.165, 1.54) is 6.42 Å². The van der Waals surface area contributed by atoms with Gasteiger partial charge in [0.05, 0.1) is 12.8 Å². The van der Waals surface area contributed by atoms with Gasteiger partial charge in [-0.05, 0) is 18.9 Å². The molecule has 0 unspecified atom stereocenters. The van der Waals surface area contributed by atoms with E-state index < -0.39 is 36.4 Å². The van der Waals surface area contributed by atoms with Crippen molar-refractivity contribution in [3.05, 3.63) is 30.4 Å². The molecular weight excluding hydrogens is 346 g/mol. The maximum atomic E-state index is 10.3. The molecule has 1 fully saturated rings. The number of carbonyl (C=O) groups is 3. The normalized spacial score (nSPS) is 16.7. The highest BCUT2D eigenvalue weighted by atomic mass is 16.4. The summed E-state index contributed by atoms with van der Waals surface area (Å²) in [6.45, 7) is 2.24. The fourth-order valence-electron chi connectivity index (χ4n) is 2.20. The maximum Gasteiger partial charge on any atom is 0.336 e. The van der Waals surface area contributed by atoms with Crippen LogP contribution < -0.4 is 5.32 Å². The molecule has 142 valence electrons. The van der Waals surface area contributed by atoms with Gasteiger partial charge in [-0.1, -0.05) is 12.2 Å². The molecule has 2 rings (SSSR count). The monoisotopic (exact) mass is 367 g/mol. The average Bonchev–Trinajstić information content (AvgIpc) is 3.06. The number of aromatic nitrogens is 2. The molecule has 1 aliphatic rings. The molecule has 10 nitrogen and oxygen atoms in total. The summed E-state index contributed by atoms with van der Waals surface area (Å²) < 4.78 is 0. The van der Waals surface area contributed by atoms with E-state index in [0.717, 1.165) is 18.7 Å². The molecule has 1 aromatic rings. The summed E-state index contributed by atoms with van der Waals surface area (Å²) in [5, 5.41) is 37.1. The zero-order valence-corrected chi connectivity index (χ0v) is 13.9. The summed E-state index contributed by atoms with van der Waals surface area (Å²) >= 11 is 0. The van der Waals surface area contributed by atoms with E-state index >= 15 is 0 Å². The summed E-state index contributed by atoms with van der Waals surface area (Å²) in [5.41, 5.74) is -1.66. The van der Waals surface area contributed by atoms with Crippen molar-refractivity contribution in [1.82, 2.24) is 15.3 Å². The Morgan fingerprint density at radius 2 is 1.73 bits per heavy atom. The van der Waals surface area contributed by atoms with Crippen LogP contribution in [0.3, 0.4) is 0 Å². The third-order valence-corrected chi connectivity index (χ3v) is 3.53. The molecule has 0 aliphatic carbocycles. The molecular formula is C16H21N3O7. The van der Waals surface area contributed by atoms with Gasteiger partial charge in [-0.25, -0.2) is 14.8 Å². The number of hydrogen-bond donors (Lipinski definition) is 5. The molecule has 0 amide bonds. The van der Waals surface area contributed by atoms with Crippen LogP contribution in [0.5, 0.6) is 0 Å². The largest absolute Gasteiger partial charge is 0.481 e. The van der Waals surface area contributed by atoms with Crippen molar-refractivity contribution in [3.8, 4) is 0 Å². The van der Waals surface area contributed by atoms with Gasteiger partial charge in [0.25, 0.3) is 0 Å². The lowest BCUT2D eigenvalue weighted by Crippen LogP contribution is -2.42. The van der Waals surface area contributed by atoms with Crippen LogP contribution >= 0.6 is 0 Å². The van der Waals surface area contributed by atoms with Gasteiger partial charge in [0.15, 0.2) is 5.60 Å². The van der Waals surface area contributed by atoms with E-state index in [9.17, 15) is 14.4 Å². The molecule has 26 heavy (non-hydrogen) atoms. The van der Waals surface area contributed by atoms with Crippen LogP contribution in [0.2, 0.25) is 0 Å². The van der Waals surface area contributed by atoms with Crippen molar-refractivity contribution < 1.29 is 34.8 Å². The van der Waals surface area contributed by atoms with Crippen molar-refractivity contribution in [2.45, 2.75) is 24.9 Å². The Kier molecular flexibility index (Phi) is 8.32. The van der Waals surface area contributed by atoms with Crippen molar-refractivity contribution in [2.24, 2.45) is 5.92 Å². The van der Waals surface area contributed by atoms with E-state index in [-0.39, 0.29) is 0 Å². The number of aliphatic carboxylic acids is 3. The fourth-order valence-corrected chi connectivity index (χ4v) is 2.20. The number of carboxylic acid groups (broad SMARTS) is 3. The highest BCUT2D eigenvalue weighted by Crippen LogP contribution is 2.15. The minimum atomic E-state index is -2.74. The second-order valence-electron chi connectivity index (χ2n) is 5.76.